The van der Waals surface area contributed by atoms with Crippen molar-refractivity contribution in [1.82, 2.24) is 0 Å². The Bertz CT molecular complexity index is 325. The smallest absolute Gasteiger partial charge is 0.410 e. The van der Waals surface area contributed by atoms with E-state index in [4.69, 9.17) is 4.42 Å². The highest BCUT2D eigenvalue weighted by Crippen LogP contribution is 1.94. The topological polar surface area (TPSA) is 44.4 Å². The molecule has 1 N–H and O–H groups in total. The number of hydrogen-bond donors (Lipinski definition) is 0. The van der Waals surface area contributed by atoms with Crippen LogP contribution in [-0.2, 0) is 0 Å². The Labute approximate surface area is 64.4 Å². The third-order valence-electron chi connectivity index (χ3n) is 1.17. The first-order valence-electron chi connectivity index (χ1n) is 3.39. The van der Waals surface area contributed by atoms with Crippen LogP contribution in [0, 0.1) is 6.92 Å². The molecule has 0 aromatic carbocycles. The molecule has 0 saturated heterocycles. The van der Waals surface area contributed by atoms with Gasteiger partial charge in [0.15, 0.2) is 0 Å². The Morgan fingerprint density at radius 3 is 2.91 bits per heavy atom. The van der Waals surface area contributed by atoms with Crippen molar-refractivity contribution in [3.8, 4) is 0 Å². The van der Waals surface area contributed by atoms with Crippen molar-refractivity contribution < 1.29 is 9.40 Å². The van der Waals surface area contributed by atoms with Gasteiger partial charge in [0.25, 0.3) is 0 Å². The number of aromatic nitrogens is 1. The summed E-state index contributed by atoms with van der Waals surface area (Å²) in [6.07, 6.45) is 3.50. The summed E-state index contributed by atoms with van der Waals surface area (Å²) in [6, 6.07) is 1.41. The molecule has 0 spiro atoms. The van der Waals surface area contributed by atoms with Gasteiger partial charge >= 0.3 is 11.4 Å². The Morgan fingerprint density at radius 2 is 2.36 bits per heavy atom. The summed E-state index contributed by atoms with van der Waals surface area (Å²) in [5.74, 6) is 1.10. The van der Waals surface area contributed by atoms with E-state index in [-0.39, 0.29) is 5.56 Å². The van der Waals surface area contributed by atoms with E-state index in [0.29, 0.717) is 11.7 Å². The number of aryl methyl sites for hydroxylation is 1. The second-order valence-electron chi connectivity index (χ2n) is 2.21. The highest BCUT2D eigenvalue weighted by Gasteiger charge is 2.01. The van der Waals surface area contributed by atoms with Gasteiger partial charge in [0, 0.05) is 6.08 Å². The van der Waals surface area contributed by atoms with E-state index in [1.807, 2.05) is 6.92 Å². The van der Waals surface area contributed by atoms with Crippen LogP contribution in [0.3, 0.4) is 0 Å². The first-order chi connectivity index (χ1) is 5.22. The van der Waals surface area contributed by atoms with Gasteiger partial charge in [-0.05, 0) is 13.8 Å². The number of hydrogen-bond acceptors (Lipinski definition) is 2. The summed E-state index contributed by atoms with van der Waals surface area (Å²) < 4.78 is 5.16. The molecule has 11 heavy (non-hydrogen) atoms. The van der Waals surface area contributed by atoms with Gasteiger partial charge in [0.05, 0.1) is 6.07 Å². The van der Waals surface area contributed by atoms with Crippen LogP contribution in [0.4, 0.5) is 0 Å². The van der Waals surface area contributed by atoms with E-state index in [0.717, 1.165) is 0 Å². The molecule has 1 rings (SSSR count). The van der Waals surface area contributed by atoms with Crippen molar-refractivity contribution >= 4 is 6.08 Å². The summed E-state index contributed by atoms with van der Waals surface area (Å²) in [7, 11) is 0. The van der Waals surface area contributed by atoms with Crippen molar-refractivity contribution in [1.29, 1.82) is 0 Å². The Morgan fingerprint density at radius 1 is 1.64 bits per heavy atom. The van der Waals surface area contributed by atoms with Crippen LogP contribution in [0.5, 0.6) is 0 Å². The fourth-order valence-electron chi connectivity index (χ4n) is 0.798. The summed E-state index contributed by atoms with van der Waals surface area (Å²) >= 11 is 0. The van der Waals surface area contributed by atoms with Crippen molar-refractivity contribution in [2.45, 2.75) is 13.8 Å². The Balaban J connectivity index is 3.19. The number of aromatic amines is 1. The molecule has 0 fully saturated rings. The van der Waals surface area contributed by atoms with Crippen molar-refractivity contribution in [2.75, 3.05) is 0 Å². The van der Waals surface area contributed by atoms with Crippen LogP contribution < -0.4 is 10.5 Å². The van der Waals surface area contributed by atoms with E-state index in [1.54, 1.807) is 19.1 Å². The molecule has 0 saturated carbocycles. The lowest BCUT2D eigenvalue weighted by atomic mass is 10.4. The van der Waals surface area contributed by atoms with E-state index < -0.39 is 0 Å². The Hall–Kier alpha value is -1.38. The van der Waals surface area contributed by atoms with Crippen molar-refractivity contribution in [2.24, 2.45) is 0 Å². The lowest BCUT2D eigenvalue weighted by Crippen LogP contribution is -2.28. The van der Waals surface area contributed by atoms with Crippen LogP contribution in [0.1, 0.15) is 18.6 Å². The fraction of sp³-hybridized carbons (Fsp3) is 0.250. The highest BCUT2D eigenvalue weighted by molar-refractivity contribution is 5.33. The van der Waals surface area contributed by atoms with Crippen LogP contribution in [0.15, 0.2) is 21.4 Å². The molecule has 0 bridgehead atoms. The second-order valence-corrected chi connectivity index (χ2v) is 2.21. The minimum Gasteiger partial charge on any atom is -0.410 e. The zero-order valence-corrected chi connectivity index (χ0v) is 6.55. The lowest BCUT2D eigenvalue weighted by Gasteiger charge is -1.86. The molecule has 0 unspecified atom stereocenters. The molecule has 1 aromatic rings. The number of allylic oxidation sites excluding steroid dienone is 1. The lowest BCUT2D eigenvalue weighted by molar-refractivity contribution is -0.418. The number of nitrogens with one attached hydrogen (secondary N) is 1. The van der Waals surface area contributed by atoms with Crippen LogP contribution in [0.2, 0.25) is 0 Å². The maximum atomic E-state index is 10.8. The SMILES string of the molecule is C/C=C/c1[nH+]c(=O)cc(C)o1. The van der Waals surface area contributed by atoms with Gasteiger partial charge in [-0.15, -0.1) is 4.98 Å². The zero-order valence-electron chi connectivity index (χ0n) is 6.55. The molecule has 3 nitrogen and oxygen atoms in total. The molecule has 0 atom stereocenters. The summed E-state index contributed by atoms with van der Waals surface area (Å²) in [5, 5.41) is 0. The van der Waals surface area contributed by atoms with Gasteiger partial charge in [-0.2, -0.15) is 0 Å². The minimum absolute atomic E-state index is 0.137. The molecule has 0 radical (unpaired) electrons. The molecule has 3 heteroatoms. The molecule has 1 aromatic heterocycles. The quantitative estimate of drug-likeness (QED) is 0.597. The third-order valence-corrected chi connectivity index (χ3v) is 1.17. The summed E-state index contributed by atoms with van der Waals surface area (Å²) in [6.45, 7) is 3.60. The molecular formula is C8H10NO2+. The van der Waals surface area contributed by atoms with E-state index in [1.165, 1.54) is 6.07 Å². The van der Waals surface area contributed by atoms with E-state index in [9.17, 15) is 4.79 Å². The van der Waals surface area contributed by atoms with Gasteiger partial charge < -0.3 is 4.42 Å². The van der Waals surface area contributed by atoms with E-state index in [2.05, 4.69) is 4.98 Å². The molecule has 0 aliphatic heterocycles. The molecular weight excluding hydrogens is 142 g/mol. The summed E-state index contributed by atoms with van der Waals surface area (Å²) in [4.78, 5) is 13.4. The normalized spacial score (nSPS) is 10.7. The Kier molecular flexibility index (Phi) is 2.21. The monoisotopic (exact) mass is 152 g/mol. The van der Waals surface area contributed by atoms with E-state index >= 15 is 0 Å². The predicted molar refractivity (Wildman–Crippen MR) is 41.0 cm³/mol. The standard InChI is InChI=1S/C8H9NO2/c1-3-4-8-9-7(10)5-6(2)11-8/h3-5H,1-2H3/p+1/b4-3+. The number of rotatable bonds is 1. The number of H-pyrrole nitrogens is 1. The van der Waals surface area contributed by atoms with Gasteiger partial charge in [-0.3, -0.25) is 0 Å². The van der Waals surface area contributed by atoms with Crippen LogP contribution >= 0.6 is 0 Å². The highest BCUT2D eigenvalue weighted by atomic mass is 16.3. The van der Waals surface area contributed by atoms with Gasteiger partial charge in [0.1, 0.15) is 5.76 Å². The van der Waals surface area contributed by atoms with Gasteiger partial charge in [-0.1, -0.05) is 6.08 Å². The molecule has 1 heterocycles. The van der Waals surface area contributed by atoms with Crippen molar-refractivity contribution in [3.63, 3.8) is 0 Å². The minimum atomic E-state index is -0.137. The predicted octanol–water partition coefficient (Wildman–Crippen LogP) is 0.795. The summed E-state index contributed by atoms with van der Waals surface area (Å²) in [5.41, 5.74) is -0.137. The zero-order chi connectivity index (χ0) is 8.27. The van der Waals surface area contributed by atoms with Crippen molar-refractivity contribution in [3.05, 3.63) is 34.1 Å². The van der Waals surface area contributed by atoms with Gasteiger partial charge in [0.2, 0.25) is 0 Å². The average molecular weight is 152 g/mol. The molecule has 0 aliphatic rings. The van der Waals surface area contributed by atoms with Gasteiger partial charge in [-0.25, -0.2) is 4.79 Å². The fourth-order valence-corrected chi connectivity index (χ4v) is 0.798. The maximum Gasteiger partial charge on any atom is 0.416 e. The third kappa shape index (κ3) is 2.04. The van der Waals surface area contributed by atoms with Crippen LogP contribution in [-0.4, -0.2) is 0 Å². The second kappa shape index (κ2) is 3.14. The molecule has 58 valence electrons. The average Bonchev–Trinajstić information content (AvgIpc) is 1.85. The maximum absolute atomic E-state index is 10.8. The first-order valence-corrected chi connectivity index (χ1v) is 3.39. The largest absolute Gasteiger partial charge is 0.416 e. The first kappa shape index (κ1) is 7.72. The molecule has 0 aliphatic carbocycles. The molecule has 0 amide bonds. The van der Waals surface area contributed by atoms with Crippen LogP contribution in [0.25, 0.3) is 6.08 Å².